The number of anilines is 2. The first kappa shape index (κ1) is 17.3. The molecule has 2 aliphatic heterocycles. The van der Waals surface area contributed by atoms with Crippen LogP contribution in [0.2, 0.25) is 0 Å². The van der Waals surface area contributed by atoms with E-state index in [1.165, 1.54) is 0 Å². The molecule has 24 heavy (non-hydrogen) atoms. The fourth-order valence-electron chi connectivity index (χ4n) is 2.77. The van der Waals surface area contributed by atoms with E-state index in [4.69, 9.17) is 21.7 Å². The van der Waals surface area contributed by atoms with E-state index in [0.717, 1.165) is 77.2 Å². The van der Waals surface area contributed by atoms with Crippen LogP contribution in [0.3, 0.4) is 0 Å². The van der Waals surface area contributed by atoms with Gasteiger partial charge in [-0.3, -0.25) is 4.90 Å². The molecule has 2 fully saturated rings. The highest BCUT2D eigenvalue weighted by Crippen LogP contribution is 2.15. The maximum absolute atomic E-state index is 5.36. The highest BCUT2D eigenvalue weighted by atomic mass is 32.1. The normalized spacial score (nSPS) is 19.1. The first-order chi connectivity index (χ1) is 11.8. The first-order valence-electron chi connectivity index (χ1n) is 8.45. The predicted octanol–water partition coefficient (Wildman–Crippen LogP) is 0.537. The van der Waals surface area contributed by atoms with Crippen LogP contribution >= 0.6 is 12.2 Å². The topological polar surface area (TPSA) is 61.9 Å². The zero-order valence-corrected chi connectivity index (χ0v) is 14.7. The predicted molar refractivity (Wildman–Crippen MR) is 98.8 cm³/mol. The van der Waals surface area contributed by atoms with Crippen LogP contribution in [0.5, 0.6) is 0 Å². The summed E-state index contributed by atoms with van der Waals surface area (Å²) in [5, 5.41) is 7.05. The first-order valence-corrected chi connectivity index (χ1v) is 8.86. The lowest BCUT2D eigenvalue weighted by Gasteiger charge is -2.27. The molecule has 2 N–H and O–H groups in total. The SMILES string of the molecule is S=C(NCCN1CCOCC1)Nc1ccc(N2CCOCC2)nc1. The Morgan fingerprint density at radius 2 is 1.79 bits per heavy atom. The third kappa shape index (κ3) is 5.27. The minimum absolute atomic E-state index is 0.629. The smallest absolute Gasteiger partial charge is 0.170 e. The van der Waals surface area contributed by atoms with Crippen LogP contribution in [0.1, 0.15) is 0 Å². The van der Waals surface area contributed by atoms with Gasteiger partial charge >= 0.3 is 0 Å². The van der Waals surface area contributed by atoms with Crippen molar-refractivity contribution in [3.63, 3.8) is 0 Å². The highest BCUT2D eigenvalue weighted by Gasteiger charge is 2.12. The molecular formula is C16H25N5O2S. The number of hydrogen-bond donors (Lipinski definition) is 2. The van der Waals surface area contributed by atoms with Crippen LogP contribution in [-0.2, 0) is 9.47 Å². The summed E-state index contributed by atoms with van der Waals surface area (Å²) in [6, 6.07) is 4.03. The molecule has 132 valence electrons. The number of morpholine rings is 2. The van der Waals surface area contributed by atoms with Crippen LogP contribution in [0.4, 0.5) is 11.5 Å². The van der Waals surface area contributed by atoms with E-state index in [0.29, 0.717) is 5.11 Å². The second-order valence-corrected chi connectivity index (χ2v) is 6.25. The van der Waals surface area contributed by atoms with E-state index in [2.05, 4.69) is 25.4 Å². The molecule has 0 unspecified atom stereocenters. The molecule has 7 nitrogen and oxygen atoms in total. The Bertz CT molecular complexity index is 516. The molecule has 0 radical (unpaired) electrons. The number of pyridine rings is 1. The summed E-state index contributed by atoms with van der Waals surface area (Å²) in [7, 11) is 0. The van der Waals surface area contributed by atoms with Crippen LogP contribution in [0.25, 0.3) is 0 Å². The molecule has 8 heteroatoms. The van der Waals surface area contributed by atoms with Crippen molar-refractivity contribution in [1.29, 1.82) is 0 Å². The van der Waals surface area contributed by atoms with Gasteiger partial charge < -0.3 is 25.0 Å². The average molecular weight is 351 g/mol. The van der Waals surface area contributed by atoms with Crippen molar-refractivity contribution in [2.24, 2.45) is 0 Å². The van der Waals surface area contributed by atoms with Gasteiger partial charge in [-0.2, -0.15) is 0 Å². The van der Waals surface area contributed by atoms with Crippen molar-refractivity contribution in [2.45, 2.75) is 0 Å². The van der Waals surface area contributed by atoms with E-state index < -0.39 is 0 Å². The molecular weight excluding hydrogens is 326 g/mol. The molecule has 1 aromatic heterocycles. The van der Waals surface area contributed by atoms with Gasteiger partial charge in [0.05, 0.1) is 38.3 Å². The van der Waals surface area contributed by atoms with E-state index in [1.807, 2.05) is 18.3 Å². The van der Waals surface area contributed by atoms with Crippen LogP contribution in [-0.4, -0.2) is 80.7 Å². The monoisotopic (exact) mass is 351 g/mol. The van der Waals surface area contributed by atoms with Gasteiger partial charge in [-0.15, -0.1) is 0 Å². The molecule has 2 saturated heterocycles. The van der Waals surface area contributed by atoms with Gasteiger partial charge in [0.1, 0.15) is 5.82 Å². The largest absolute Gasteiger partial charge is 0.379 e. The van der Waals surface area contributed by atoms with E-state index in [-0.39, 0.29) is 0 Å². The van der Waals surface area contributed by atoms with Gasteiger partial charge in [-0.1, -0.05) is 0 Å². The molecule has 2 aliphatic rings. The second-order valence-electron chi connectivity index (χ2n) is 5.84. The van der Waals surface area contributed by atoms with Crippen molar-refractivity contribution in [3.05, 3.63) is 18.3 Å². The van der Waals surface area contributed by atoms with E-state index in [9.17, 15) is 0 Å². The summed E-state index contributed by atoms with van der Waals surface area (Å²) < 4.78 is 10.7. The third-order valence-corrected chi connectivity index (χ3v) is 4.40. The van der Waals surface area contributed by atoms with E-state index >= 15 is 0 Å². The molecule has 0 bridgehead atoms. The van der Waals surface area contributed by atoms with Gasteiger partial charge in [-0.05, 0) is 24.4 Å². The summed E-state index contributed by atoms with van der Waals surface area (Å²) in [5.41, 5.74) is 0.899. The van der Waals surface area contributed by atoms with Gasteiger partial charge in [-0.25, -0.2) is 4.98 Å². The highest BCUT2D eigenvalue weighted by molar-refractivity contribution is 7.80. The lowest BCUT2D eigenvalue weighted by atomic mass is 10.3. The summed E-state index contributed by atoms with van der Waals surface area (Å²) in [5.74, 6) is 0.982. The minimum Gasteiger partial charge on any atom is -0.379 e. The summed E-state index contributed by atoms with van der Waals surface area (Å²) in [4.78, 5) is 9.11. The van der Waals surface area contributed by atoms with Crippen LogP contribution < -0.4 is 15.5 Å². The number of thiocarbonyl (C=S) groups is 1. The minimum atomic E-state index is 0.629. The Balaban J connectivity index is 1.39. The molecule has 0 amide bonds. The summed E-state index contributed by atoms with van der Waals surface area (Å²) in [6.45, 7) is 8.74. The van der Waals surface area contributed by atoms with Crippen molar-refractivity contribution >= 4 is 28.8 Å². The summed E-state index contributed by atoms with van der Waals surface area (Å²) >= 11 is 5.34. The van der Waals surface area contributed by atoms with Gasteiger partial charge in [0.25, 0.3) is 0 Å². The Morgan fingerprint density at radius 3 is 2.46 bits per heavy atom. The second kappa shape index (κ2) is 9.12. The third-order valence-electron chi connectivity index (χ3n) is 4.16. The van der Waals surface area contributed by atoms with Gasteiger partial charge in [0.2, 0.25) is 0 Å². The quantitative estimate of drug-likeness (QED) is 0.746. The van der Waals surface area contributed by atoms with Crippen molar-refractivity contribution in [3.8, 4) is 0 Å². The Labute approximate surface area is 148 Å². The Hall–Kier alpha value is -1.48. The average Bonchev–Trinajstić information content (AvgIpc) is 2.64. The maximum Gasteiger partial charge on any atom is 0.170 e. The zero-order valence-electron chi connectivity index (χ0n) is 13.9. The molecule has 1 aromatic rings. The molecule has 0 spiro atoms. The molecule has 0 aromatic carbocycles. The Morgan fingerprint density at radius 1 is 1.08 bits per heavy atom. The lowest BCUT2D eigenvalue weighted by Crippen LogP contribution is -2.42. The zero-order chi connectivity index (χ0) is 16.6. The fraction of sp³-hybridized carbons (Fsp3) is 0.625. The molecule has 3 rings (SSSR count). The van der Waals surface area contributed by atoms with Gasteiger partial charge in [0.15, 0.2) is 5.11 Å². The number of hydrogen-bond acceptors (Lipinski definition) is 6. The molecule has 3 heterocycles. The molecule has 0 atom stereocenters. The summed E-state index contributed by atoms with van der Waals surface area (Å²) in [6.07, 6.45) is 1.82. The Kier molecular flexibility index (Phi) is 6.59. The molecule has 0 saturated carbocycles. The fourth-order valence-corrected chi connectivity index (χ4v) is 2.99. The lowest BCUT2D eigenvalue weighted by molar-refractivity contribution is 0.0389. The number of nitrogens with zero attached hydrogens (tertiary/aromatic N) is 3. The molecule has 0 aliphatic carbocycles. The van der Waals surface area contributed by atoms with E-state index in [1.54, 1.807) is 0 Å². The number of nitrogens with one attached hydrogen (secondary N) is 2. The van der Waals surface area contributed by atoms with Crippen LogP contribution in [0.15, 0.2) is 18.3 Å². The van der Waals surface area contributed by atoms with Crippen LogP contribution in [0, 0.1) is 0 Å². The number of aromatic nitrogens is 1. The van der Waals surface area contributed by atoms with Crippen molar-refractivity contribution < 1.29 is 9.47 Å². The number of ether oxygens (including phenoxy) is 2. The van der Waals surface area contributed by atoms with Crippen molar-refractivity contribution in [1.82, 2.24) is 15.2 Å². The standard InChI is InChI=1S/C16H25N5O2S/c24-16(17-3-4-20-5-9-22-10-6-20)19-14-1-2-15(18-13-14)21-7-11-23-12-8-21/h1-2,13H,3-12H2,(H2,17,19,24). The number of rotatable bonds is 5. The van der Waals surface area contributed by atoms with Crippen molar-refractivity contribution in [2.75, 3.05) is 75.9 Å². The van der Waals surface area contributed by atoms with Gasteiger partial charge in [0, 0.05) is 39.3 Å². The maximum atomic E-state index is 5.36.